The summed E-state index contributed by atoms with van der Waals surface area (Å²) in [5, 5.41) is 1.06. The first-order valence-corrected chi connectivity index (χ1v) is 7.30. The minimum atomic E-state index is -0.295. The molecule has 3 rings (SSSR count). The highest BCUT2D eigenvalue weighted by Crippen LogP contribution is 2.34. The third-order valence-corrected chi connectivity index (χ3v) is 4.43. The van der Waals surface area contributed by atoms with E-state index in [4.69, 9.17) is 9.47 Å². The molecule has 0 N–H and O–H groups in total. The molecule has 1 heterocycles. The lowest BCUT2D eigenvalue weighted by atomic mass is 10.0. The number of ether oxygens (including phenoxy) is 2. The van der Waals surface area contributed by atoms with E-state index in [0.29, 0.717) is 4.88 Å². The number of methoxy groups -OCH3 is 2. The highest BCUT2D eigenvalue weighted by Gasteiger charge is 2.13. The number of carbonyl (C=O) groups is 1. The van der Waals surface area contributed by atoms with Gasteiger partial charge < -0.3 is 9.47 Å². The molecule has 2 aromatic carbocycles. The molecule has 0 aliphatic heterocycles. The summed E-state index contributed by atoms with van der Waals surface area (Å²) in [6.45, 7) is 0. The number of benzene rings is 2. The van der Waals surface area contributed by atoms with E-state index < -0.39 is 0 Å². The molecular formula is C17H14O3S. The maximum Gasteiger partial charge on any atom is 0.348 e. The molecule has 0 saturated heterocycles. The molecule has 0 fully saturated rings. The van der Waals surface area contributed by atoms with Crippen molar-refractivity contribution < 1.29 is 14.3 Å². The number of hydrogen-bond acceptors (Lipinski definition) is 4. The average molecular weight is 298 g/mol. The Labute approximate surface area is 126 Å². The van der Waals surface area contributed by atoms with Gasteiger partial charge in [0.2, 0.25) is 0 Å². The van der Waals surface area contributed by atoms with Gasteiger partial charge in [0.05, 0.1) is 14.2 Å². The van der Waals surface area contributed by atoms with Crippen molar-refractivity contribution in [1.82, 2.24) is 0 Å². The smallest absolute Gasteiger partial charge is 0.348 e. The molecule has 0 aliphatic rings. The lowest BCUT2D eigenvalue weighted by Gasteiger charge is -2.05. The number of esters is 1. The second kappa shape index (κ2) is 5.58. The van der Waals surface area contributed by atoms with Crippen LogP contribution in [0.2, 0.25) is 0 Å². The molecule has 0 spiro atoms. The van der Waals surface area contributed by atoms with Crippen molar-refractivity contribution in [3.63, 3.8) is 0 Å². The predicted molar refractivity (Wildman–Crippen MR) is 85.2 cm³/mol. The average Bonchev–Trinajstić information content (AvgIpc) is 2.98. The van der Waals surface area contributed by atoms with Gasteiger partial charge in [-0.15, -0.1) is 11.3 Å². The molecule has 0 atom stereocenters. The SMILES string of the molecule is COC(=O)c1cc2c(-c3ccc(OC)cc3)cccc2s1. The minimum Gasteiger partial charge on any atom is -0.497 e. The van der Waals surface area contributed by atoms with E-state index >= 15 is 0 Å². The Morgan fingerprint density at radius 1 is 1.05 bits per heavy atom. The maximum atomic E-state index is 11.7. The Balaban J connectivity index is 2.13. The summed E-state index contributed by atoms with van der Waals surface area (Å²) in [4.78, 5) is 12.3. The van der Waals surface area contributed by atoms with Crippen LogP contribution in [0.3, 0.4) is 0 Å². The van der Waals surface area contributed by atoms with Gasteiger partial charge in [-0.2, -0.15) is 0 Å². The zero-order valence-electron chi connectivity index (χ0n) is 11.8. The second-order valence-corrected chi connectivity index (χ2v) is 5.63. The molecule has 3 nitrogen and oxygen atoms in total. The van der Waals surface area contributed by atoms with Gasteiger partial charge in [-0.05, 0) is 35.4 Å². The van der Waals surface area contributed by atoms with Crippen LogP contribution < -0.4 is 4.74 Å². The van der Waals surface area contributed by atoms with Crippen LogP contribution in [-0.2, 0) is 4.74 Å². The molecule has 0 radical (unpaired) electrons. The van der Waals surface area contributed by atoms with Crippen LogP contribution >= 0.6 is 11.3 Å². The molecule has 3 aromatic rings. The van der Waals surface area contributed by atoms with Crippen molar-refractivity contribution in [2.24, 2.45) is 0 Å². The van der Waals surface area contributed by atoms with Gasteiger partial charge in [0.25, 0.3) is 0 Å². The number of hydrogen-bond donors (Lipinski definition) is 0. The van der Waals surface area contributed by atoms with Gasteiger partial charge in [-0.1, -0.05) is 24.3 Å². The fourth-order valence-electron chi connectivity index (χ4n) is 2.28. The van der Waals surface area contributed by atoms with Crippen molar-refractivity contribution in [2.75, 3.05) is 14.2 Å². The van der Waals surface area contributed by atoms with E-state index in [0.717, 1.165) is 27.0 Å². The van der Waals surface area contributed by atoms with Gasteiger partial charge in [-0.25, -0.2) is 4.79 Å². The zero-order chi connectivity index (χ0) is 14.8. The normalized spacial score (nSPS) is 10.6. The minimum absolute atomic E-state index is 0.295. The number of rotatable bonds is 3. The Bertz CT molecular complexity index is 787. The summed E-state index contributed by atoms with van der Waals surface area (Å²) in [6, 6.07) is 15.9. The van der Waals surface area contributed by atoms with Crippen LogP contribution in [0, 0.1) is 0 Å². The third kappa shape index (κ3) is 2.50. The molecule has 0 bridgehead atoms. The summed E-state index contributed by atoms with van der Waals surface area (Å²) in [7, 11) is 3.05. The quantitative estimate of drug-likeness (QED) is 0.674. The fourth-order valence-corrected chi connectivity index (χ4v) is 3.29. The highest BCUT2D eigenvalue weighted by molar-refractivity contribution is 7.20. The summed E-state index contributed by atoms with van der Waals surface area (Å²) < 4.78 is 11.1. The predicted octanol–water partition coefficient (Wildman–Crippen LogP) is 4.36. The molecule has 21 heavy (non-hydrogen) atoms. The van der Waals surface area contributed by atoms with E-state index in [-0.39, 0.29) is 5.97 Å². The van der Waals surface area contributed by atoms with Crippen molar-refractivity contribution in [2.45, 2.75) is 0 Å². The highest BCUT2D eigenvalue weighted by atomic mass is 32.1. The molecule has 0 aliphatic carbocycles. The lowest BCUT2D eigenvalue weighted by molar-refractivity contribution is 0.0606. The van der Waals surface area contributed by atoms with Crippen molar-refractivity contribution in [1.29, 1.82) is 0 Å². The second-order valence-electron chi connectivity index (χ2n) is 4.55. The number of thiophene rings is 1. The Hall–Kier alpha value is -2.33. The fraction of sp³-hybridized carbons (Fsp3) is 0.118. The topological polar surface area (TPSA) is 35.5 Å². The van der Waals surface area contributed by atoms with E-state index in [1.807, 2.05) is 42.5 Å². The van der Waals surface area contributed by atoms with E-state index in [1.165, 1.54) is 18.4 Å². The van der Waals surface area contributed by atoms with Crippen LogP contribution in [0.1, 0.15) is 9.67 Å². The van der Waals surface area contributed by atoms with Crippen molar-refractivity contribution in [3.05, 3.63) is 53.4 Å². The van der Waals surface area contributed by atoms with Crippen LogP contribution in [0.15, 0.2) is 48.5 Å². The van der Waals surface area contributed by atoms with Gasteiger partial charge in [0, 0.05) is 10.1 Å². The molecule has 0 amide bonds. The van der Waals surface area contributed by atoms with Crippen molar-refractivity contribution in [3.8, 4) is 16.9 Å². The Morgan fingerprint density at radius 2 is 1.81 bits per heavy atom. The van der Waals surface area contributed by atoms with Crippen LogP contribution in [0.5, 0.6) is 5.75 Å². The largest absolute Gasteiger partial charge is 0.497 e. The lowest BCUT2D eigenvalue weighted by Crippen LogP contribution is -1.96. The number of carbonyl (C=O) groups excluding carboxylic acids is 1. The first kappa shape index (κ1) is 13.6. The van der Waals surface area contributed by atoms with E-state index in [9.17, 15) is 4.79 Å². The van der Waals surface area contributed by atoms with Crippen LogP contribution in [0.4, 0.5) is 0 Å². The van der Waals surface area contributed by atoms with Gasteiger partial charge in [0.1, 0.15) is 10.6 Å². The Morgan fingerprint density at radius 3 is 2.48 bits per heavy atom. The first-order valence-electron chi connectivity index (χ1n) is 6.48. The van der Waals surface area contributed by atoms with E-state index in [1.54, 1.807) is 7.11 Å². The van der Waals surface area contributed by atoms with Crippen LogP contribution in [0.25, 0.3) is 21.2 Å². The number of fused-ring (bicyclic) bond motifs is 1. The maximum absolute atomic E-state index is 11.7. The monoisotopic (exact) mass is 298 g/mol. The Kier molecular flexibility index (Phi) is 3.62. The summed E-state index contributed by atoms with van der Waals surface area (Å²) in [5.41, 5.74) is 2.19. The standard InChI is InChI=1S/C17H14O3S/c1-19-12-8-6-11(7-9-12)13-4-3-5-15-14(13)10-16(21-15)17(18)20-2/h3-10H,1-2H3. The summed E-state index contributed by atoms with van der Waals surface area (Å²) in [5.74, 6) is 0.531. The molecular weight excluding hydrogens is 284 g/mol. The van der Waals surface area contributed by atoms with Crippen molar-refractivity contribution >= 4 is 27.4 Å². The molecule has 1 aromatic heterocycles. The zero-order valence-corrected chi connectivity index (χ0v) is 12.6. The first-order chi connectivity index (χ1) is 10.2. The van der Waals surface area contributed by atoms with E-state index in [2.05, 4.69) is 6.07 Å². The molecule has 0 saturated carbocycles. The summed E-state index contributed by atoms with van der Waals surface area (Å²) in [6.07, 6.45) is 0. The molecule has 0 unspecified atom stereocenters. The third-order valence-electron chi connectivity index (χ3n) is 3.35. The molecule has 106 valence electrons. The van der Waals surface area contributed by atoms with Gasteiger partial charge in [0.15, 0.2) is 0 Å². The molecule has 4 heteroatoms. The summed E-state index contributed by atoms with van der Waals surface area (Å²) >= 11 is 1.45. The van der Waals surface area contributed by atoms with Gasteiger partial charge >= 0.3 is 5.97 Å². The van der Waals surface area contributed by atoms with Crippen LogP contribution in [-0.4, -0.2) is 20.2 Å². The van der Waals surface area contributed by atoms with Gasteiger partial charge in [-0.3, -0.25) is 0 Å².